The quantitative estimate of drug-likeness (QED) is 0.649. The molecule has 0 aromatic heterocycles. The van der Waals surface area contributed by atoms with Gasteiger partial charge in [0.25, 0.3) is 0 Å². The zero-order valence-corrected chi connectivity index (χ0v) is 12.8. The predicted molar refractivity (Wildman–Crippen MR) is 82.9 cm³/mol. The van der Waals surface area contributed by atoms with Crippen LogP contribution in [0, 0.1) is 0 Å². The number of hydrogen-bond donors (Lipinski definition) is 3. The lowest BCUT2D eigenvalue weighted by atomic mass is 10.0. The minimum Gasteiger partial charge on any atom is -0.494 e. The van der Waals surface area contributed by atoms with Crippen molar-refractivity contribution in [3.05, 3.63) is 29.8 Å². The van der Waals surface area contributed by atoms with Gasteiger partial charge in [-0.2, -0.15) is 0 Å². The second-order valence-electron chi connectivity index (χ2n) is 5.36. The van der Waals surface area contributed by atoms with E-state index in [2.05, 4.69) is 25.2 Å². The third kappa shape index (κ3) is 5.90. The lowest BCUT2D eigenvalue weighted by Crippen LogP contribution is -2.36. The maximum atomic E-state index is 9.43. The molecular formula is C16H28N2O2. The normalized spacial score (nSPS) is 15.7. The molecule has 0 saturated heterocycles. The molecule has 4 nitrogen and oxygen atoms in total. The van der Waals surface area contributed by atoms with Crippen molar-refractivity contribution in [3.63, 3.8) is 0 Å². The van der Waals surface area contributed by atoms with Gasteiger partial charge in [0, 0.05) is 18.6 Å². The summed E-state index contributed by atoms with van der Waals surface area (Å²) in [4.78, 5) is 0. The molecule has 1 rings (SSSR count). The van der Waals surface area contributed by atoms with Crippen LogP contribution in [-0.2, 0) is 0 Å². The Labute approximate surface area is 122 Å². The van der Waals surface area contributed by atoms with Gasteiger partial charge in [0.1, 0.15) is 5.75 Å². The molecule has 3 atom stereocenters. The number of hydrogen-bond acceptors (Lipinski definition) is 4. The van der Waals surface area contributed by atoms with Crippen LogP contribution in [0.5, 0.6) is 5.75 Å². The van der Waals surface area contributed by atoms with Crippen LogP contribution in [0.15, 0.2) is 24.3 Å². The van der Waals surface area contributed by atoms with Gasteiger partial charge < -0.3 is 20.9 Å². The fourth-order valence-electron chi connectivity index (χ4n) is 2.26. The standard InChI is InChI=1S/C16H28N2O2/c1-4-8-20-15-7-5-6-14(10-15)16(11-17)18-12(2)9-13(3)19/h5-7,10,12-13,16,18-19H,4,8-9,11,17H2,1-3H3. The predicted octanol–water partition coefficient (Wildman–Crippen LogP) is 2.22. The molecule has 0 radical (unpaired) electrons. The third-order valence-corrected chi connectivity index (χ3v) is 3.15. The topological polar surface area (TPSA) is 67.5 Å². The molecule has 1 aromatic carbocycles. The van der Waals surface area contributed by atoms with Gasteiger partial charge in [0.05, 0.1) is 12.7 Å². The molecule has 0 saturated carbocycles. The molecule has 0 heterocycles. The van der Waals surface area contributed by atoms with E-state index in [0.29, 0.717) is 13.0 Å². The lowest BCUT2D eigenvalue weighted by Gasteiger charge is -2.23. The molecule has 4 heteroatoms. The molecular weight excluding hydrogens is 252 g/mol. The minimum atomic E-state index is -0.310. The van der Waals surface area contributed by atoms with Gasteiger partial charge >= 0.3 is 0 Å². The van der Waals surface area contributed by atoms with Crippen LogP contribution in [0.1, 0.15) is 45.2 Å². The number of aliphatic hydroxyl groups is 1. The number of nitrogens with one attached hydrogen (secondary N) is 1. The van der Waals surface area contributed by atoms with Gasteiger partial charge in [-0.15, -0.1) is 0 Å². The molecule has 4 N–H and O–H groups in total. The average Bonchev–Trinajstić information content (AvgIpc) is 2.42. The van der Waals surface area contributed by atoms with Crippen molar-refractivity contribution in [1.82, 2.24) is 5.32 Å². The summed E-state index contributed by atoms with van der Waals surface area (Å²) in [6.45, 7) is 7.19. The number of rotatable bonds is 9. The highest BCUT2D eigenvalue weighted by Gasteiger charge is 2.14. The summed E-state index contributed by atoms with van der Waals surface area (Å²) in [5.41, 5.74) is 6.99. The summed E-state index contributed by atoms with van der Waals surface area (Å²) in [6.07, 6.45) is 1.40. The lowest BCUT2D eigenvalue weighted by molar-refractivity contribution is 0.168. The fraction of sp³-hybridized carbons (Fsp3) is 0.625. The smallest absolute Gasteiger partial charge is 0.119 e. The van der Waals surface area contributed by atoms with Gasteiger partial charge in [-0.05, 0) is 44.4 Å². The largest absolute Gasteiger partial charge is 0.494 e. The van der Waals surface area contributed by atoms with Crippen LogP contribution in [-0.4, -0.2) is 30.4 Å². The molecule has 0 fully saturated rings. The highest BCUT2D eigenvalue weighted by Crippen LogP contribution is 2.20. The first-order valence-electron chi connectivity index (χ1n) is 7.43. The third-order valence-electron chi connectivity index (χ3n) is 3.15. The van der Waals surface area contributed by atoms with E-state index >= 15 is 0 Å². The SMILES string of the molecule is CCCOc1cccc(C(CN)NC(C)CC(C)O)c1. The average molecular weight is 280 g/mol. The van der Waals surface area contributed by atoms with Crippen LogP contribution in [0.3, 0.4) is 0 Å². The van der Waals surface area contributed by atoms with Gasteiger partial charge in [0.2, 0.25) is 0 Å². The monoisotopic (exact) mass is 280 g/mol. The van der Waals surface area contributed by atoms with E-state index in [1.807, 2.05) is 18.2 Å². The molecule has 0 spiro atoms. The summed E-state index contributed by atoms with van der Waals surface area (Å²) < 4.78 is 5.65. The van der Waals surface area contributed by atoms with Gasteiger partial charge in [-0.3, -0.25) is 0 Å². The van der Waals surface area contributed by atoms with E-state index in [1.54, 1.807) is 6.92 Å². The number of ether oxygens (including phenoxy) is 1. The van der Waals surface area contributed by atoms with Crippen LogP contribution in [0.2, 0.25) is 0 Å². The van der Waals surface area contributed by atoms with Crippen LogP contribution in [0.4, 0.5) is 0 Å². The van der Waals surface area contributed by atoms with Crippen LogP contribution >= 0.6 is 0 Å². The zero-order valence-electron chi connectivity index (χ0n) is 12.8. The summed E-state index contributed by atoms with van der Waals surface area (Å²) in [6, 6.07) is 8.33. The second kappa shape index (κ2) is 8.95. The first-order chi connectivity index (χ1) is 9.56. The van der Waals surface area contributed by atoms with Crippen molar-refractivity contribution in [2.24, 2.45) is 5.73 Å². The van der Waals surface area contributed by atoms with E-state index in [1.165, 1.54) is 0 Å². The summed E-state index contributed by atoms with van der Waals surface area (Å²) in [7, 11) is 0. The Morgan fingerprint density at radius 1 is 1.35 bits per heavy atom. The molecule has 3 unspecified atom stereocenters. The van der Waals surface area contributed by atoms with Gasteiger partial charge in [-0.1, -0.05) is 19.1 Å². The maximum absolute atomic E-state index is 9.43. The van der Waals surface area contributed by atoms with Gasteiger partial charge in [-0.25, -0.2) is 0 Å². The molecule has 0 aliphatic carbocycles. The van der Waals surface area contributed by atoms with E-state index in [4.69, 9.17) is 10.5 Å². The molecule has 0 aliphatic heterocycles. The Kier molecular flexibility index (Phi) is 7.59. The number of nitrogens with two attached hydrogens (primary N) is 1. The van der Waals surface area contributed by atoms with Crippen molar-refractivity contribution in [2.75, 3.05) is 13.2 Å². The first kappa shape index (κ1) is 17.0. The first-order valence-corrected chi connectivity index (χ1v) is 7.43. The molecule has 0 aliphatic rings. The minimum absolute atomic E-state index is 0.0777. The van der Waals surface area contributed by atoms with Crippen LogP contribution < -0.4 is 15.8 Å². The summed E-state index contributed by atoms with van der Waals surface area (Å²) in [5, 5.41) is 12.9. The molecule has 20 heavy (non-hydrogen) atoms. The highest BCUT2D eigenvalue weighted by molar-refractivity contribution is 5.30. The van der Waals surface area contributed by atoms with Crippen molar-refractivity contribution in [3.8, 4) is 5.75 Å². The van der Waals surface area contributed by atoms with E-state index < -0.39 is 0 Å². The molecule has 1 aromatic rings. The highest BCUT2D eigenvalue weighted by atomic mass is 16.5. The zero-order chi connectivity index (χ0) is 15.0. The van der Waals surface area contributed by atoms with Crippen molar-refractivity contribution < 1.29 is 9.84 Å². The summed E-state index contributed by atoms with van der Waals surface area (Å²) in [5.74, 6) is 0.882. The van der Waals surface area contributed by atoms with Crippen LogP contribution in [0.25, 0.3) is 0 Å². The Balaban J connectivity index is 2.68. The Morgan fingerprint density at radius 3 is 2.70 bits per heavy atom. The fourth-order valence-corrected chi connectivity index (χ4v) is 2.26. The van der Waals surface area contributed by atoms with Crippen molar-refractivity contribution in [2.45, 2.75) is 51.8 Å². The van der Waals surface area contributed by atoms with E-state index in [0.717, 1.165) is 24.3 Å². The van der Waals surface area contributed by atoms with E-state index in [9.17, 15) is 5.11 Å². The molecule has 0 bridgehead atoms. The van der Waals surface area contributed by atoms with Crippen molar-refractivity contribution >= 4 is 0 Å². The number of aliphatic hydroxyl groups excluding tert-OH is 1. The summed E-state index contributed by atoms with van der Waals surface area (Å²) >= 11 is 0. The molecule has 114 valence electrons. The van der Waals surface area contributed by atoms with Crippen molar-refractivity contribution in [1.29, 1.82) is 0 Å². The molecule has 0 amide bonds. The van der Waals surface area contributed by atoms with Gasteiger partial charge in [0.15, 0.2) is 0 Å². The second-order valence-corrected chi connectivity index (χ2v) is 5.36. The number of benzene rings is 1. The van der Waals surface area contributed by atoms with E-state index in [-0.39, 0.29) is 18.2 Å². The Morgan fingerprint density at radius 2 is 2.10 bits per heavy atom. The Bertz CT molecular complexity index is 382. The Hall–Kier alpha value is -1.10. The maximum Gasteiger partial charge on any atom is 0.119 e.